The fraction of sp³-hybridized carbons (Fsp3) is 0.448. The molecule has 0 atom stereocenters. The van der Waals surface area contributed by atoms with E-state index in [1.165, 1.54) is 0 Å². The minimum absolute atomic E-state index is 0.258. The molecule has 1 aliphatic rings. The van der Waals surface area contributed by atoms with Crippen LogP contribution in [-0.2, 0) is 19.6 Å². The third-order valence-electron chi connectivity index (χ3n) is 6.73. The number of nitrogens with one attached hydrogen (secondary N) is 4. The van der Waals surface area contributed by atoms with Gasteiger partial charge in [0.05, 0.1) is 10.4 Å². The lowest BCUT2D eigenvalue weighted by Crippen LogP contribution is -2.36. The highest BCUT2D eigenvalue weighted by Crippen LogP contribution is 2.30. The second-order valence-corrected chi connectivity index (χ2v) is 14.1. The molecule has 0 bridgehead atoms. The second-order valence-electron chi connectivity index (χ2n) is 11.5. The number of aromatic nitrogens is 2. The average molecular weight is 734 g/mol. The first-order chi connectivity index (χ1) is 21.4. The molecule has 1 saturated carbocycles. The average Bonchev–Trinajstić information content (AvgIpc) is 2.97. The molecule has 1 heterocycles. The Labute approximate surface area is 273 Å². The van der Waals surface area contributed by atoms with E-state index in [1.54, 1.807) is 45.0 Å². The molecule has 12 nitrogen and oxygen atoms in total. The van der Waals surface area contributed by atoms with Crippen LogP contribution in [0, 0.1) is 11.8 Å². The number of para-hydroxylation sites is 1. The molecule has 1 aliphatic carbocycles. The van der Waals surface area contributed by atoms with Gasteiger partial charge in [0.15, 0.2) is 5.82 Å². The predicted octanol–water partition coefficient (Wildman–Crippen LogP) is 6.07. The molecule has 0 unspecified atom stereocenters. The fourth-order valence-corrected chi connectivity index (χ4v) is 6.63. The summed E-state index contributed by atoms with van der Waals surface area (Å²) in [4.78, 5) is 30.5. The molecule has 2 aromatic carbocycles. The maximum atomic E-state index is 12.7. The molecular formula is C29H36BrF3N6O6S. The van der Waals surface area contributed by atoms with E-state index in [0.717, 1.165) is 36.6 Å². The Hall–Kier alpha value is -3.70. The normalized spacial score (nSPS) is 16.9. The molecule has 46 heavy (non-hydrogen) atoms. The van der Waals surface area contributed by atoms with Crippen molar-refractivity contribution < 1.29 is 41.0 Å². The highest BCUT2D eigenvalue weighted by molar-refractivity contribution is 9.10. The van der Waals surface area contributed by atoms with E-state index in [0.29, 0.717) is 41.2 Å². The van der Waals surface area contributed by atoms with Gasteiger partial charge < -0.3 is 15.2 Å². The summed E-state index contributed by atoms with van der Waals surface area (Å²) in [5.74, 6) is -1.11. The topological polar surface area (TPSA) is 172 Å². The van der Waals surface area contributed by atoms with Crippen molar-refractivity contribution in [3.05, 3.63) is 53.0 Å². The van der Waals surface area contributed by atoms with Crippen LogP contribution < -0.4 is 20.9 Å². The number of benzene rings is 2. The van der Waals surface area contributed by atoms with Crippen molar-refractivity contribution in [2.45, 2.75) is 63.1 Å². The Morgan fingerprint density at radius 2 is 1.52 bits per heavy atom. The van der Waals surface area contributed by atoms with Crippen molar-refractivity contribution in [1.29, 1.82) is 0 Å². The van der Waals surface area contributed by atoms with Gasteiger partial charge in [-0.3, -0.25) is 5.43 Å². The number of carbonyl (C=O) groups is 2. The summed E-state index contributed by atoms with van der Waals surface area (Å²) in [6.07, 6.45) is -1.85. The van der Waals surface area contributed by atoms with Crippen molar-refractivity contribution in [2.75, 3.05) is 23.8 Å². The number of hydrogen-bond acceptors (Lipinski definition) is 9. The van der Waals surface area contributed by atoms with Gasteiger partial charge in [0.2, 0.25) is 16.0 Å². The second kappa shape index (κ2) is 15.7. The number of sulfonamides is 1. The predicted molar refractivity (Wildman–Crippen MR) is 169 cm³/mol. The van der Waals surface area contributed by atoms with Crippen molar-refractivity contribution >= 4 is 60.7 Å². The van der Waals surface area contributed by atoms with Crippen molar-refractivity contribution in [3.8, 4) is 0 Å². The quantitative estimate of drug-likeness (QED) is 0.163. The Morgan fingerprint density at radius 3 is 2.11 bits per heavy atom. The lowest BCUT2D eigenvalue weighted by molar-refractivity contribution is -0.192. The molecule has 5 N–H and O–H groups in total. The molecular weight excluding hydrogens is 697 g/mol. The smallest absolute Gasteiger partial charge is 0.475 e. The number of fused-ring (bicyclic) bond motifs is 1. The van der Waals surface area contributed by atoms with Gasteiger partial charge in [-0.1, -0.05) is 24.3 Å². The van der Waals surface area contributed by atoms with Gasteiger partial charge in [-0.05, 0) is 98.5 Å². The number of alkyl halides is 3. The minimum Gasteiger partial charge on any atom is -0.475 e. The first kappa shape index (κ1) is 36.8. The maximum absolute atomic E-state index is 12.7. The Morgan fingerprint density at radius 1 is 0.957 bits per heavy atom. The van der Waals surface area contributed by atoms with E-state index in [-0.39, 0.29) is 4.90 Å². The first-order valence-electron chi connectivity index (χ1n) is 14.2. The number of amides is 1. The number of halogens is 4. The molecule has 1 aromatic heterocycles. The van der Waals surface area contributed by atoms with E-state index in [4.69, 9.17) is 14.6 Å². The molecule has 1 fully saturated rings. The SMILES string of the molecule is CC(C)(C)OC(=O)NNc1nc(NCC2CCC(CNS(=O)(=O)c3ccccc3Br)CC2)nc2ccccc12.O=C(O)C(F)(F)F. The van der Waals surface area contributed by atoms with E-state index in [1.807, 2.05) is 24.3 Å². The van der Waals surface area contributed by atoms with Crippen molar-refractivity contribution in [2.24, 2.45) is 11.8 Å². The highest BCUT2D eigenvalue weighted by Gasteiger charge is 2.38. The first-order valence-corrected chi connectivity index (χ1v) is 16.5. The number of anilines is 2. The van der Waals surface area contributed by atoms with Crippen LogP contribution in [-0.4, -0.2) is 60.4 Å². The van der Waals surface area contributed by atoms with Crippen LogP contribution in [0.5, 0.6) is 0 Å². The number of aliphatic carboxylic acids is 1. The molecule has 17 heteroatoms. The van der Waals surface area contributed by atoms with Crippen LogP contribution in [0.3, 0.4) is 0 Å². The molecule has 1 amide bonds. The summed E-state index contributed by atoms with van der Waals surface area (Å²) >= 11 is 3.32. The molecule has 252 valence electrons. The number of nitrogens with zero attached hydrogens (tertiary/aromatic N) is 2. The highest BCUT2D eigenvalue weighted by atomic mass is 79.9. The van der Waals surface area contributed by atoms with Crippen LogP contribution in [0.25, 0.3) is 10.9 Å². The van der Waals surface area contributed by atoms with Crippen LogP contribution in [0.4, 0.5) is 29.7 Å². The van der Waals surface area contributed by atoms with Gasteiger partial charge in [-0.15, -0.1) is 0 Å². The van der Waals surface area contributed by atoms with Crippen LogP contribution >= 0.6 is 15.9 Å². The molecule has 0 radical (unpaired) electrons. The maximum Gasteiger partial charge on any atom is 0.490 e. The van der Waals surface area contributed by atoms with Crippen LogP contribution in [0.2, 0.25) is 0 Å². The zero-order chi connectivity index (χ0) is 34.1. The van der Waals surface area contributed by atoms with Crippen LogP contribution in [0.1, 0.15) is 46.5 Å². The number of rotatable bonds is 9. The lowest BCUT2D eigenvalue weighted by atomic mass is 9.82. The monoisotopic (exact) mass is 732 g/mol. The van der Waals surface area contributed by atoms with Gasteiger partial charge in [0, 0.05) is 22.9 Å². The van der Waals surface area contributed by atoms with Gasteiger partial charge in [-0.25, -0.2) is 33.1 Å². The van der Waals surface area contributed by atoms with E-state index >= 15 is 0 Å². The Bertz CT molecular complexity index is 1610. The summed E-state index contributed by atoms with van der Waals surface area (Å²) in [7, 11) is -3.56. The largest absolute Gasteiger partial charge is 0.490 e. The third kappa shape index (κ3) is 11.6. The molecule has 0 saturated heterocycles. The summed E-state index contributed by atoms with van der Waals surface area (Å²) in [6, 6.07) is 14.4. The summed E-state index contributed by atoms with van der Waals surface area (Å²) in [5.41, 5.74) is 5.53. The molecule has 0 aliphatic heterocycles. The summed E-state index contributed by atoms with van der Waals surface area (Å²) < 4.78 is 65.7. The van der Waals surface area contributed by atoms with E-state index in [2.05, 4.69) is 46.8 Å². The molecule has 0 spiro atoms. The fourth-order valence-electron chi connectivity index (χ4n) is 4.51. The number of carboxylic acids is 1. The van der Waals surface area contributed by atoms with E-state index in [9.17, 15) is 26.4 Å². The number of carboxylic acid groups (broad SMARTS) is 1. The Balaban J connectivity index is 0.000000738. The number of hydrazine groups is 1. The molecule has 3 aromatic rings. The zero-order valence-electron chi connectivity index (χ0n) is 25.3. The Kier molecular flexibility index (Phi) is 12.6. The summed E-state index contributed by atoms with van der Waals surface area (Å²) in [6.45, 7) is 6.52. The summed E-state index contributed by atoms with van der Waals surface area (Å²) in [5, 5.41) is 11.2. The van der Waals surface area contributed by atoms with Crippen LogP contribution in [0.15, 0.2) is 57.9 Å². The number of hydrogen-bond donors (Lipinski definition) is 5. The van der Waals surface area contributed by atoms with Crippen molar-refractivity contribution in [1.82, 2.24) is 20.1 Å². The van der Waals surface area contributed by atoms with Crippen molar-refractivity contribution in [3.63, 3.8) is 0 Å². The lowest BCUT2D eigenvalue weighted by Gasteiger charge is -2.28. The number of carbonyl (C=O) groups excluding carboxylic acids is 1. The third-order valence-corrected chi connectivity index (χ3v) is 9.17. The van der Waals surface area contributed by atoms with E-state index < -0.39 is 33.9 Å². The van der Waals surface area contributed by atoms with Gasteiger partial charge in [-0.2, -0.15) is 18.2 Å². The zero-order valence-corrected chi connectivity index (χ0v) is 27.7. The van der Waals surface area contributed by atoms with Gasteiger partial charge in [0.25, 0.3) is 0 Å². The molecule has 4 rings (SSSR count). The minimum atomic E-state index is -5.08. The standard InChI is InChI=1S/C27H35BrN6O4S.C2HF3O2/c1-27(2,3)38-26(35)34-33-24-20-8-4-6-10-22(20)31-25(32-24)29-16-18-12-14-19(15-13-18)17-30-39(36,37)23-11-7-5-9-21(23)28;3-2(4,5)1(6)7/h4-11,18-19,30H,12-17H2,1-3H3,(H,34,35)(H2,29,31,32,33);(H,6,7). The number of ether oxygens (including phenoxy) is 1. The van der Waals surface area contributed by atoms with Gasteiger partial charge in [0.1, 0.15) is 5.60 Å². The van der Waals surface area contributed by atoms with Gasteiger partial charge >= 0.3 is 18.2 Å².